The summed E-state index contributed by atoms with van der Waals surface area (Å²) in [6.45, 7) is 1.89. The minimum absolute atomic E-state index is 0.0927. The smallest absolute Gasteiger partial charge is 0.287 e. The molecule has 31 heavy (non-hydrogen) atoms. The first-order valence-corrected chi connectivity index (χ1v) is 9.57. The minimum Gasteiger partial charge on any atom is -0.497 e. The number of nitrogens with one attached hydrogen (secondary N) is 2. The van der Waals surface area contributed by atoms with Crippen LogP contribution in [0.2, 0.25) is 0 Å². The van der Waals surface area contributed by atoms with Crippen LogP contribution in [-0.4, -0.2) is 32.6 Å². The molecule has 0 bridgehead atoms. The number of furan rings is 1. The second-order valence-electron chi connectivity index (χ2n) is 6.62. The van der Waals surface area contributed by atoms with E-state index in [1.54, 1.807) is 24.3 Å². The normalized spacial score (nSPS) is 10.3. The highest BCUT2D eigenvalue weighted by Gasteiger charge is 2.14. The van der Waals surface area contributed by atoms with E-state index >= 15 is 0 Å². The van der Waals surface area contributed by atoms with Gasteiger partial charge in [-0.1, -0.05) is 18.2 Å². The summed E-state index contributed by atoms with van der Waals surface area (Å²) in [6.07, 6.45) is 0. The van der Waals surface area contributed by atoms with Crippen LogP contribution in [0.3, 0.4) is 0 Å². The number of carbonyl (C=O) groups is 2. The maximum atomic E-state index is 12.3. The zero-order valence-corrected chi connectivity index (χ0v) is 17.6. The summed E-state index contributed by atoms with van der Waals surface area (Å²) in [5.74, 6) is 1.45. The van der Waals surface area contributed by atoms with Crippen molar-refractivity contribution < 1.29 is 28.2 Å². The molecule has 0 saturated carbocycles. The topological polar surface area (TPSA) is 99.0 Å². The van der Waals surface area contributed by atoms with Gasteiger partial charge < -0.3 is 29.3 Å². The number of carbonyl (C=O) groups excluding carboxylic acids is 2. The van der Waals surface area contributed by atoms with Gasteiger partial charge in [-0.25, -0.2) is 0 Å². The molecule has 3 aromatic rings. The minimum atomic E-state index is -0.505. The molecule has 8 heteroatoms. The van der Waals surface area contributed by atoms with Crippen LogP contribution in [0.4, 0.5) is 5.69 Å². The van der Waals surface area contributed by atoms with Gasteiger partial charge in [-0.05, 0) is 42.8 Å². The number of rotatable bonds is 9. The van der Waals surface area contributed by atoms with Crippen molar-refractivity contribution in [3.05, 3.63) is 71.7 Å². The quantitative estimate of drug-likeness (QED) is 0.545. The number of para-hydroxylation sites is 1. The molecular formula is C23H24N2O6. The summed E-state index contributed by atoms with van der Waals surface area (Å²) < 4.78 is 21.6. The number of hydrogen-bond donors (Lipinski definition) is 2. The third-order valence-electron chi connectivity index (χ3n) is 4.44. The molecule has 2 aromatic carbocycles. The lowest BCUT2D eigenvalue weighted by atomic mass is 10.2. The Kier molecular flexibility index (Phi) is 7.16. The van der Waals surface area contributed by atoms with Crippen molar-refractivity contribution in [3.63, 3.8) is 0 Å². The molecule has 0 saturated heterocycles. The highest BCUT2D eigenvalue weighted by atomic mass is 16.5. The predicted octanol–water partition coefficient (Wildman–Crippen LogP) is 3.55. The summed E-state index contributed by atoms with van der Waals surface area (Å²) >= 11 is 0. The van der Waals surface area contributed by atoms with Crippen molar-refractivity contribution in [1.29, 1.82) is 0 Å². The average molecular weight is 424 g/mol. The Hall–Kier alpha value is -3.94. The standard InChI is InChI=1S/C23H24N2O6/c1-15-6-4-5-7-19(15)30-14-17-9-11-21(31-17)23(27)24-13-22(26)25-18-12-16(28-2)8-10-20(18)29-3/h4-12H,13-14H2,1-3H3,(H,24,27)(H,25,26). The van der Waals surface area contributed by atoms with Crippen molar-refractivity contribution in [1.82, 2.24) is 5.32 Å². The van der Waals surface area contributed by atoms with Gasteiger partial charge in [0.05, 0.1) is 26.5 Å². The Morgan fingerprint density at radius 3 is 2.52 bits per heavy atom. The summed E-state index contributed by atoms with van der Waals surface area (Å²) in [5.41, 5.74) is 1.44. The number of benzene rings is 2. The van der Waals surface area contributed by atoms with Crippen molar-refractivity contribution in [2.45, 2.75) is 13.5 Å². The van der Waals surface area contributed by atoms with Gasteiger partial charge >= 0.3 is 0 Å². The Morgan fingerprint density at radius 1 is 0.968 bits per heavy atom. The molecular weight excluding hydrogens is 400 g/mol. The Bertz CT molecular complexity index is 1060. The number of aryl methyl sites for hydroxylation is 1. The van der Waals surface area contributed by atoms with Gasteiger partial charge in [-0.15, -0.1) is 0 Å². The van der Waals surface area contributed by atoms with Gasteiger partial charge in [0.1, 0.15) is 29.6 Å². The number of amides is 2. The largest absolute Gasteiger partial charge is 0.497 e. The summed E-state index contributed by atoms with van der Waals surface area (Å²) in [6, 6.07) is 15.8. The van der Waals surface area contributed by atoms with Crippen LogP contribution in [0.5, 0.6) is 17.2 Å². The zero-order chi connectivity index (χ0) is 22.2. The van der Waals surface area contributed by atoms with Gasteiger partial charge in [-0.2, -0.15) is 0 Å². The number of ether oxygens (including phenoxy) is 3. The van der Waals surface area contributed by atoms with E-state index in [4.69, 9.17) is 18.6 Å². The van der Waals surface area contributed by atoms with Gasteiger partial charge in [0, 0.05) is 6.07 Å². The zero-order valence-electron chi connectivity index (χ0n) is 17.6. The maximum Gasteiger partial charge on any atom is 0.287 e. The molecule has 1 aromatic heterocycles. The SMILES string of the molecule is COc1ccc(OC)c(NC(=O)CNC(=O)c2ccc(COc3ccccc3C)o2)c1. The van der Waals surface area contributed by atoms with Crippen molar-refractivity contribution >= 4 is 17.5 Å². The molecule has 0 aliphatic heterocycles. The third-order valence-corrected chi connectivity index (χ3v) is 4.44. The second-order valence-corrected chi connectivity index (χ2v) is 6.62. The monoisotopic (exact) mass is 424 g/mol. The molecule has 3 rings (SSSR count). The molecule has 0 atom stereocenters. The first-order chi connectivity index (χ1) is 15.0. The van der Waals surface area contributed by atoms with Crippen molar-refractivity contribution in [2.24, 2.45) is 0 Å². The average Bonchev–Trinajstić information content (AvgIpc) is 3.26. The Labute approximate surface area is 180 Å². The Balaban J connectivity index is 1.52. The van der Waals surface area contributed by atoms with E-state index in [0.717, 1.165) is 11.3 Å². The van der Waals surface area contributed by atoms with Crippen LogP contribution in [0.15, 0.2) is 59.0 Å². The van der Waals surface area contributed by atoms with Crippen molar-refractivity contribution in [3.8, 4) is 17.2 Å². The highest BCUT2D eigenvalue weighted by molar-refractivity contribution is 5.98. The summed E-state index contributed by atoms with van der Waals surface area (Å²) in [4.78, 5) is 24.5. The molecule has 2 amide bonds. The first-order valence-electron chi connectivity index (χ1n) is 9.57. The number of anilines is 1. The number of hydrogen-bond acceptors (Lipinski definition) is 6. The molecule has 1 heterocycles. The molecule has 2 N–H and O–H groups in total. The molecule has 0 radical (unpaired) electrons. The molecule has 0 fully saturated rings. The molecule has 8 nitrogen and oxygen atoms in total. The summed E-state index contributed by atoms with van der Waals surface area (Å²) in [5, 5.41) is 5.21. The molecule has 0 spiro atoms. The van der Waals surface area contributed by atoms with Crippen LogP contribution >= 0.6 is 0 Å². The van der Waals surface area contributed by atoms with Crippen LogP contribution in [-0.2, 0) is 11.4 Å². The van der Waals surface area contributed by atoms with Crippen LogP contribution < -0.4 is 24.8 Å². The lowest BCUT2D eigenvalue weighted by molar-refractivity contribution is -0.115. The second kappa shape index (κ2) is 10.2. The Morgan fingerprint density at radius 2 is 1.77 bits per heavy atom. The van der Waals surface area contributed by atoms with E-state index in [9.17, 15) is 9.59 Å². The predicted molar refractivity (Wildman–Crippen MR) is 115 cm³/mol. The fourth-order valence-corrected chi connectivity index (χ4v) is 2.80. The molecule has 162 valence electrons. The van der Waals surface area contributed by atoms with Gasteiger partial charge in [0.25, 0.3) is 5.91 Å². The number of methoxy groups -OCH3 is 2. The third kappa shape index (κ3) is 5.79. The fourth-order valence-electron chi connectivity index (χ4n) is 2.80. The summed E-state index contributed by atoms with van der Waals surface area (Å²) in [7, 11) is 3.02. The maximum absolute atomic E-state index is 12.3. The van der Waals surface area contributed by atoms with E-state index < -0.39 is 11.8 Å². The lowest BCUT2D eigenvalue weighted by Gasteiger charge is -2.12. The van der Waals surface area contributed by atoms with Crippen LogP contribution in [0.1, 0.15) is 21.9 Å². The molecule has 0 unspecified atom stereocenters. The van der Waals surface area contributed by atoms with E-state index in [-0.39, 0.29) is 18.9 Å². The van der Waals surface area contributed by atoms with Crippen LogP contribution in [0.25, 0.3) is 0 Å². The lowest BCUT2D eigenvalue weighted by Crippen LogP contribution is -2.32. The van der Waals surface area contributed by atoms with E-state index in [2.05, 4.69) is 10.6 Å². The highest BCUT2D eigenvalue weighted by Crippen LogP contribution is 2.28. The van der Waals surface area contributed by atoms with E-state index in [0.29, 0.717) is 22.9 Å². The van der Waals surface area contributed by atoms with Crippen molar-refractivity contribution in [2.75, 3.05) is 26.1 Å². The molecule has 0 aliphatic carbocycles. The molecule has 0 aliphatic rings. The van der Waals surface area contributed by atoms with Gasteiger partial charge in [-0.3, -0.25) is 9.59 Å². The van der Waals surface area contributed by atoms with Gasteiger partial charge in [0.2, 0.25) is 5.91 Å². The fraction of sp³-hybridized carbons (Fsp3) is 0.217. The van der Waals surface area contributed by atoms with Crippen LogP contribution in [0, 0.1) is 6.92 Å². The van der Waals surface area contributed by atoms with E-state index in [1.807, 2.05) is 31.2 Å². The van der Waals surface area contributed by atoms with Gasteiger partial charge in [0.15, 0.2) is 5.76 Å². The van der Waals surface area contributed by atoms with E-state index in [1.165, 1.54) is 20.3 Å². The first kappa shape index (κ1) is 21.8.